The Morgan fingerprint density at radius 3 is 1.75 bits per heavy atom. The molecule has 3 atom stereocenters. The van der Waals surface area contributed by atoms with Crippen LogP contribution in [0.5, 0.6) is 0 Å². The van der Waals surface area contributed by atoms with E-state index in [0.717, 1.165) is 25.7 Å². The molecule has 1 heterocycles. The normalized spacial score (nSPS) is 22.1. The van der Waals surface area contributed by atoms with E-state index in [1.807, 2.05) is 46.9 Å². The number of sulfonamides is 1. The number of nitrogens with one attached hydrogen (secondary N) is 1. The summed E-state index contributed by atoms with van der Waals surface area (Å²) in [4.78, 5) is 0. The molecular weight excluding hydrogens is 386 g/mol. The number of benzene rings is 1. The van der Waals surface area contributed by atoms with Gasteiger partial charge in [0.05, 0.1) is 0 Å². The Kier molecular flexibility index (Phi) is 11.0. The van der Waals surface area contributed by atoms with Crippen LogP contribution < -0.4 is 4.72 Å². The van der Waals surface area contributed by atoms with E-state index in [1.54, 1.807) is 12.1 Å². The topological polar surface area (TPSA) is 46.2 Å². The lowest BCUT2D eigenvalue weighted by molar-refractivity contribution is 0.386. The van der Waals surface area contributed by atoms with E-state index < -0.39 is 10.0 Å². The molecule has 2 bridgehead atoms. The van der Waals surface area contributed by atoms with Crippen LogP contribution in [0.15, 0.2) is 46.0 Å². The monoisotopic (exact) mass is 423 g/mol. The summed E-state index contributed by atoms with van der Waals surface area (Å²) in [7, 11) is -3.38. The van der Waals surface area contributed by atoms with Crippen molar-refractivity contribution in [3.8, 4) is 0 Å². The molecule has 1 unspecified atom stereocenters. The maximum Gasteiger partial charge on any atom is 0.250 e. The minimum atomic E-state index is -3.38. The second kappa shape index (κ2) is 12.4. The van der Waals surface area contributed by atoms with Crippen molar-refractivity contribution < 1.29 is 8.42 Å². The van der Waals surface area contributed by atoms with Gasteiger partial charge in [0.25, 0.3) is 0 Å². The highest BCUT2D eigenvalue weighted by atomic mass is 32.2. The van der Waals surface area contributed by atoms with Crippen LogP contribution in [-0.4, -0.2) is 14.5 Å². The van der Waals surface area contributed by atoms with Gasteiger partial charge in [0.2, 0.25) is 10.0 Å². The van der Waals surface area contributed by atoms with Gasteiger partial charge < -0.3 is 0 Å². The summed E-state index contributed by atoms with van der Waals surface area (Å²) in [6.07, 6.45) is 4.22. The first-order valence-electron chi connectivity index (χ1n) is 10.8. The van der Waals surface area contributed by atoms with E-state index in [1.165, 1.54) is 22.5 Å². The lowest BCUT2D eigenvalue weighted by Gasteiger charge is -2.23. The fraction of sp³-hybridized carbons (Fsp3) is 0.565. The molecule has 4 rings (SSSR count). The van der Waals surface area contributed by atoms with Crippen molar-refractivity contribution in [2.75, 3.05) is 0 Å². The van der Waals surface area contributed by atoms with E-state index in [9.17, 15) is 8.42 Å². The van der Waals surface area contributed by atoms with Crippen LogP contribution in [-0.2, 0) is 22.9 Å². The van der Waals surface area contributed by atoms with Crippen molar-refractivity contribution >= 4 is 21.4 Å². The van der Waals surface area contributed by atoms with Gasteiger partial charge in [-0.3, -0.25) is 0 Å². The zero-order valence-electron chi connectivity index (χ0n) is 18.2. The molecular formula is C23H37NO2S2. The molecule has 2 aromatic rings. The van der Waals surface area contributed by atoms with Gasteiger partial charge in [0, 0.05) is 6.04 Å². The summed E-state index contributed by atoms with van der Waals surface area (Å²) >= 11 is 1.28. The fourth-order valence-corrected chi connectivity index (χ4v) is 6.38. The molecule has 0 saturated heterocycles. The molecule has 0 spiro atoms. The first-order chi connectivity index (χ1) is 13.6. The van der Waals surface area contributed by atoms with Crippen molar-refractivity contribution in [2.24, 2.45) is 11.8 Å². The largest absolute Gasteiger partial charge is 0.250 e. The average Bonchev–Trinajstić information content (AvgIpc) is 3.36. The third kappa shape index (κ3) is 5.91. The Morgan fingerprint density at radius 2 is 1.32 bits per heavy atom. The van der Waals surface area contributed by atoms with Gasteiger partial charge in [-0.1, -0.05) is 71.9 Å². The predicted molar refractivity (Wildman–Crippen MR) is 123 cm³/mol. The predicted octanol–water partition coefficient (Wildman–Crippen LogP) is 6.30. The molecule has 2 aliphatic rings. The minimum absolute atomic E-state index is 0.0690. The SMILES string of the molecule is CC.CC.CC.O=S(=O)(NC1[C@@H]2CC[C@H]1Cc1ccccc1C2)c1cccs1. The number of thiophene rings is 1. The average molecular weight is 424 g/mol. The molecule has 3 nitrogen and oxygen atoms in total. The summed E-state index contributed by atoms with van der Waals surface area (Å²) in [5, 5.41) is 1.81. The van der Waals surface area contributed by atoms with Crippen LogP contribution in [0.1, 0.15) is 65.5 Å². The zero-order chi connectivity index (χ0) is 21.2. The Labute approximate surface area is 176 Å². The third-order valence-corrected chi connectivity index (χ3v) is 7.91. The van der Waals surface area contributed by atoms with Gasteiger partial charge in [0.1, 0.15) is 4.21 Å². The van der Waals surface area contributed by atoms with Crippen molar-refractivity contribution in [3.63, 3.8) is 0 Å². The van der Waals surface area contributed by atoms with E-state index in [4.69, 9.17) is 0 Å². The number of hydrogen-bond donors (Lipinski definition) is 1. The van der Waals surface area contributed by atoms with Gasteiger partial charge in [-0.05, 0) is 60.1 Å². The first kappa shape index (κ1) is 24.9. The Balaban J connectivity index is 0.000000599. The molecule has 1 saturated carbocycles. The molecule has 5 heteroatoms. The summed E-state index contributed by atoms with van der Waals surface area (Å²) in [5.74, 6) is 0.840. The van der Waals surface area contributed by atoms with Crippen molar-refractivity contribution in [2.45, 2.75) is 77.5 Å². The standard InChI is InChI=1S/C17H19NO2S2.3C2H6/c19-22(20,16-6-3-9-21-16)18-17-14-7-8-15(17)11-13-5-2-1-4-12(13)10-14;3*1-2/h1-6,9,14-15,17-18H,7-8,10-11H2;3*1-2H3/t14-,15+,17?;;;. The highest BCUT2D eigenvalue weighted by molar-refractivity contribution is 7.91. The number of fused-ring (bicyclic) bond motifs is 3. The maximum absolute atomic E-state index is 12.6. The molecule has 2 aliphatic carbocycles. The molecule has 0 aliphatic heterocycles. The lowest BCUT2D eigenvalue weighted by Crippen LogP contribution is -2.41. The molecule has 1 fully saturated rings. The van der Waals surface area contributed by atoms with Gasteiger partial charge in [-0.25, -0.2) is 13.1 Å². The summed E-state index contributed by atoms with van der Waals surface area (Å²) in [6.45, 7) is 12.0. The molecule has 1 aromatic heterocycles. The number of rotatable bonds is 3. The van der Waals surface area contributed by atoms with Crippen LogP contribution in [0.2, 0.25) is 0 Å². The second-order valence-electron chi connectivity index (χ2n) is 6.35. The molecule has 28 heavy (non-hydrogen) atoms. The highest BCUT2D eigenvalue weighted by Crippen LogP contribution is 2.40. The quantitative estimate of drug-likeness (QED) is 0.630. The summed E-state index contributed by atoms with van der Waals surface area (Å²) in [6, 6.07) is 12.1. The van der Waals surface area contributed by atoms with Crippen LogP contribution in [0, 0.1) is 11.8 Å². The first-order valence-corrected chi connectivity index (χ1v) is 13.1. The van der Waals surface area contributed by atoms with E-state index in [-0.39, 0.29) is 6.04 Å². The zero-order valence-corrected chi connectivity index (χ0v) is 19.9. The smallest absolute Gasteiger partial charge is 0.207 e. The van der Waals surface area contributed by atoms with E-state index in [2.05, 4.69) is 29.0 Å². The lowest BCUT2D eigenvalue weighted by atomic mass is 9.94. The van der Waals surface area contributed by atoms with E-state index in [0.29, 0.717) is 16.0 Å². The molecule has 0 amide bonds. The van der Waals surface area contributed by atoms with Crippen molar-refractivity contribution in [1.82, 2.24) is 4.72 Å². The minimum Gasteiger partial charge on any atom is -0.207 e. The van der Waals surface area contributed by atoms with Crippen LogP contribution in [0.3, 0.4) is 0 Å². The maximum atomic E-state index is 12.6. The summed E-state index contributed by atoms with van der Waals surface area (Å²) < 4.78 is 28.6. The molecule has 158 valence electrons. The second-order valence-corrected chi connectivity index (χ2v) is 9.24. The van der Waals surface area contributed by atoms with Crippen molar-refractivity contribution in [3.05, 3.63) is 52.9 Å². The van der Waals surface area contributed by atoms with E-state index >= 15 is 0 Å². The molecule has 1 aromatic carbocycles. The van der Waals surface area contributed by atoms with Crippen LogP contribution >= 0.6 is 11.3 Å². The Bertz CT molecular complexity index is 737. The fourth-order valence-electron chi connectivity index (χ4n) is 4.00. The highest BCUT2D eigenvalue weighted by Gasteiger charge is 2.41. The number of hydrogen-bond acceptors (Lipinski definition) is 3. The molecule has 1 N–H and O–H groups in total. The van der Waals surface area contributed by atoms with Gasteiger partial charge >= 0.3 is 0 Å². The van der Waals surface area contributed by atoms with Crippen LogP contribution in [0.25, 0.3) is 0 Å². The van der Waals surface area contributed by atoms with Gasteiger partial charge in [-0.2, -0.15) is 0 Å². The van der Waals surface area contributed by atoms with Gasteiger partial charge in [-0.15, -0.1) is 11.3 Å². The van der Waals surface area contributed by atoms with Crippen molar-refractivity contribution in [1.29, 1.82) is 0 Å². The molecule has 0 radical (unpaired) electrons. The van der Waals surface area contributed by atoms with Crippen LogP contribution in [0.4, 0.5) is 0 Å². The summed E-state index contributed by atoms with van der Waals surface area (Å²) in [5.41, 5.74) is 2.80. The van der Waals surface area contributed by atoms with Gasteiger partial charge in [0.15, 0.2) is 0 Å². The third-order valence-electron chi connectivity index (χ3n) is 5.06. The Hall–Kier alpha value is -1.17. The Morgan fingerprint density at radius 1 is 0.821 bits per heavy atom.